The molecule has 0 spiro atoms. The van der Waals surface area contributed by atoms with Crippen LogP contribution in [0.1, 0.15) is 29.8 Å². The van der Waals surface area contributed by atoms with E-state index in [0.29, 0.717) is 5.56 Å². The molecule has 0 aliphatic carbocycles. The largest absolute Gasteiger partial charge is 0.477 e. The Hall–Kier alpha value is -2.37. The van der Waals surface area contributed by atoms with Crippen molar-refractivity contribution in [2.75, 3.05) is 0 Å². The standard InChI is InChI=1S/C12H12O6/c1-6-4-9(17-7(2)13)11(12(15)16)10(5-6)18-8(3)14/h4-5H,1-3H3,(H,15,16). The van der Waals surface area contributed by atoms with Gasteiger partial charge in [-0.25, -0.2) is 4.79 Å². The van der Waals surface area contributed by atoms with Crippen LogP contribution in [0.15, 0.2) is 12.1 Å². The Morgan fingerprint density at radius 1 is 1.00 bits per heavy atom. The lowest BCUT2D eigenvalue weighted by Gasteiger charge is -2.11. The number of rotatable bonds is 3. The molecule has 0 heterocycles. The minimum Gasteiger partial charge on any atom is -0.477 e. The van der Waals surface area contributed by atoms with Gasteiger partial charge in [-0.2, -0.15) is 0 Å². The molecule has 0 amide bonds. The summed E-state index contributed by atoms with van der Waals surface area (Å²) in [6, 6.07) is 2.77. The molecule has 0 unspecified atom stereocenters. The van der Waals surface area contributed by atoms with E-state index >= 15 is 0 Å². The number of aryl methyl sites for hydroxylation is 1. The number of hydrogen-bond acceptors (Lipinski definition) is 5. The van der Waals surface area contributed by atoms with Crippen molar-refractivity contribution < 1.29 is 29.0 Å². The minimum absolute atomic E-state index is 0.147. The summed E-state index contributed by atoms with van der Waals surface area (Å²) < 4.78 is 9.60. The van der Waals surface area contributed by atoms with Crippen molar-refractivity contribution in [1.82, 2.24) is 0 Å². The summed E-state index contributed by atoms with van der Waals surface area (Å²) in [7, 11) is 0. The number of carbonyl (C=O) groups is 3. The number of hydrogen-bond donors (Lipinski definition) is 1. The molecule has 6 nitrogen and oxygen atoms in total. The summed E-state index contributed by atoms with van der Waals surface area (Å²) in [5.74, 6) is -2.95. The van der Waals surface area contributed by atoms with Crippen LogP contribution in [0.5, 0.6) is 11.5 Å². The monoisotopic (exact) mass is 252 g/mol. The van der Waals surface area contributed by atoms with Crippen LogP contribution in [0, 0.1) is 6.92 Å². The fraction of sp³-hybridized carbons (Fsp3) is 0.250. The van der Waals surface area contributed by atoms with Crippen LogP contribution < -0.4 is 9.47 Å². The molecular weight excluding hydrogens is 240 g/mol. The first-order valence-electron chi connectivity index (χ1n) is 5.06. The predicted octanol–water partition coefficient (Wildman–Crippen LogP) is 1.54. The fourth-order valence-electron chi connectivity index (χ4n) is 1.40. The highest BCUT2D eigenvalue weighted by molar-refractivity contribution is 5.96. The van der Waals surface area contributed by atoms with Gasteiger partial charge >= 0.3 is 17.9 Å². The Balaban J connectivity index is 3.40. The van der Waals surface area contributed by atoms with Gasteiger partial charge in [0.25, 0.3) is 0 Å². The van der Waals surface area contributed by atoms with E-state index in [2.05, 4.69) is 0 Å². The summed E-state index contributed by atoms with van der Waals surface area (Å²) in [4.78, 5) is 33.0. The van der Waals surface area contributed by atoms with Crippen molar-refractivity contribution in [3.8, 4) is 11.5 Å². The lowest BCUT2D eigenvalue weighted by molar-refractivity contribution is -0.132. The Bertz CT molecular complexity index is 480. The molecule has 0 aromatic heterocycles. The first-order valence-corrected chi connectivity index (χ1v) is 5.06. The van der Waals surface area contributed by atoms with Crippen LogP contribution in [-0.4, -0.2) is 23.0 Å². The van der Waals surface area contributed by atoms with Gasteiger partial charge in [-0.05, 0) is 24.6 Å². The lowest BCUT2D eigenvalue weighted by Crippen LogP contribution is -2.12. The summed E-state index contributed by atoms with van der Waals surface area (Å²) in [6.45, 7) is 3.96. The van der Waals surface area contributed by atoms with Gasteiger partial charge in [0, 0.05) is 13.8 Å². The van der Waals surface area contributed by atoms with Crippen molar-refractivity contribution in [2.45, 2.75) is 20.8 Å². The van der Waals surface area contributed by atoms with Crippen molar-refractivity contribution in [1.29, 1.82) is 0 Å². The second-order valence-electron chi connectivity index (χ2n) is 3.63. The van der Waals surface area contributed by atoms with Gasteiger partial charge in [-0.3, -0.25) is 9.59 Å². The number of benzene rings is 1. The molecule has 1 rings (SSSR count). The van der Waals surface area contributed by atoms with E-state index < -0.39 is 17.9 Å². The maximum atomic E-state index is 11.1. The van der Waals surface area contributed by atoms with E-state index in [0.717, 1.165) is 13.8 Å². The summed E-state index contributed by atoms with van der Waals surface area (Å²) >= 11 is 0. The number of aromatic carboxylic acids is 1. The molecule has 0 bridgehead atoms. The highest BCUT2D eigenvalue weighted by Gasteiger charge is 2.21. The minimum atomic E-state index is -1.34. The molecule has 96 valence electrons. The van der Waals surface area contributed by atoms with E-state index in [1.165, 1.54) is 12.1 Å². The van der Waals surface area contributed by atoms with Gasteiger partial charge in [0.2, 0.25) is 0 Å². The van der Waals surface area contributed by atoms with E-state index in [4.69, 9.17) is 14.6 Å². The Morgan fingerprint density at radius 3 is 1.67 bits per heavy atom. The van der Waals surface area contributed by atoms with Crippen LogP contribution in [-0.2, 0) is 9.59 Å². The molecule has 0 aliphatic heterocycles. The average Bonchev–Trinajstić information content (AvgIpc) is 2.12. The first-order chi connectivity index (χ1) is 8.31. The molecule has 1 aromatic carbocycles. The van der Waals surface area contributed by atoms with Crippen LogP contribution >= 0.6 is 0 Å². The second kappa shape index (κ2) is 5.31. The summed E-state index contributed by atoms with van der Waals surface area (Å²) in [6.07, 6.45) is 0. The maximum absolute atomic E-state index is 11.1. The topological polar surface area (TPSA) is 89.9 Å². The molecule has 1 N–H and O–H groups in total. The van der Waals surface area contributed by atoms with Crippen LogP contribution in [0.4, 0.5) is 0 Å². The zero-order valence-electron chi connectivity index (χ0n) is 10.1. The molecule has 6 heteroatoms. The van der Waals surface area contributed by atoms with Gasteiger partial charge in [0.05, 0.1) is 0 Å². The van der Waals surface area contributed by atoms with E-state index in [1.54, 1.807) is 6.92 Å². The number of esters is 2. The molecule has 0 fully saturated rings. The molecule has 0 radical (unpaired) electrons. The number of carboxylic acid groups (broad SMARTS) is 1. The van der Waals surface area contributed by atoms with Crippen molar-refractivity contribution in [3.05, 3.63) is 23.3 Å². The molecule has 0 saturated carbocycles. The molecule has 18 heavy (non-hydrogen) atoms. The van der Waals surface area contributed by atoms with E-state index in [1.807, 2.05) is 0 Å². The number of carboxylic acids is 1. The summed E-state index contributed by atoms with van der Waals surface area (Å²) in [5.41, 5.74) is 0.249. The second-order valence-corrected chi connectivity index (χ2v) is 3.63. The smallest absolute Gasteiger partial charge is 0.343 e. The Labute approximate surface area is 103 Å². The Kier molecular flexibility index (Phi) is 4.04. The van der Waals surface area contributed by atoms with Gasteiger partial charge < -0.3 is 14.6 Å². The Morgan fingerprint density at radius 2 is 1.39 bits per heavy atom. The third-order valence-electron chi connectivity index (χ3n) is 1.93. The molecule has 0 aliphatic rings. The average molecular weight is 252 g/mol. The predicted molar refractivity (Wildman–Crippen MR) is 60.8 cm³/mol. The van der Waals surface area contributed by atoms with E-state index in [9.17, 15) is 14.4 Å². The zero-order valence-corrected chi connectivity index (χ0v) is 10.1. The van der Waals surface area contributed by atoms with Gasteiger partial charge in [0.1, 0.15) is 17.1 Å². The zero-order chi connectivity index (χ0) is 13.9. The van der Waals surface area contributed by atoms with E-state index in [-0.39, 0.29) is 17.1 Å². The van der Waals surface area contributed by atoms with Crippen LogP contribution in [0.25, 0.3) is 0 Å². The first kappa shape index (κ1) is 13.7. The normalized spacial score (nSPS) is 9.72. The number of carbonyl (C=O) groups excluding carboxylic acids is 2. The fourth-order valence-corrected chi connectivity index (χ4v) is 1.40. The van der Waals surface area contributed by atoms with Crippen LogP contribution in [0.2, 0.25) is 0 Å². The molecule has 0 atom stereocenters. The van der Waals surface area contributed by atoms with Gasteiger partial charge in [-0.15, -0.1) is 0 Å². The third-order valence-corrected chi connectivity index (χ3v) is 1.93. The van der Waals surface area contributed by atoms with Crippen molar-refractivity contribution in [3.63, 3.8) is 0 Å². The van der Waals surface area contributed by atoms with Gasteiger partial charge in [-0.1, -0.05) is 0 Å². The number of ether oxygens (including phenoxy) is 2. The quantitative estimate of drug-likeness (QED) is 0.648. The highest BCUT2D eigenvalue weighted by atomic mass is 16.5. The van der Waals surface area contributed by atoms with Crippen molar-refractivity contribution >= 4 is 17.9 Å². The molecule has 1 aromatic rings. The van der Waals surface area contributed by atoms with Gasteiger partial charge in [0.15, 0.2) is 0 Å². The maximum Gasteiger partial charge on any atom is 0.343 e. The summed E-state index contributed by atoms with van der Waals surface area (Å²) in [5, 5.41) is 9.08. The lowest BCUT2D eigenvalue weighted by atomic mass is 10.1. The molecule has 0 saturated heterocycles. The van der Waals surface area contributed by atoms with Crippen LogP contribution in [0.3, 0.4) is 0 Å². The third kappa shape index (κ3) is 3.31. The van der Waals surface area contributed by atoms with Crippen molar-refractivity contribution in [2.24, 2.45) is 0 Å². The SMILES string of the molecule is CC(=O)Oc1cc(C)cc(OC(C)=O)c1C(=O)O. The highest BCUT2D eigenvalue weighted by Crippen LogP contribution is 2.31. The molecular formula is C12H12O6.